The second-order valence-electron chi connectivity index (χ2n) is 5.99. The summed E-state index contributed by atoms with van der Waals surface area (Å²) in [5.41, 5.74) is 2.43. The maximum absolute atomic E-state index is 13.7. The molecule has 0 bridgehead atoms. The fourth-order valence-electron chi connectivity index (χ4n) is 2.91. The molecule has 0 saturated heterocycles. The summed E-state index contributed by atoms with van der Waals surface area (Å²) in [6.07, 6.45) is 0.876. The van der Waals surface area contributed by atoms with Crippen LogP contribution < -0.4 is 10.1 Å². The average Bonchev–Trinajstić information content (AvgIpc) is 2.66. The van der Waals surface area contributed by atoms with Gasteiger partial charge >= 0.3 is 7.60 Å². The lowest BCUT2D eigenvalue weighted by molar-refractivity contribution is 0.213. The Morgan fingerprint density at radius 2 is 1.75 bits per heavy atom. The zero-order valence-electron chi connectivity index (χ0n) is 16.5. The highest BCUT2D eigenvalue weighted by Crippen LogP contribution is 2.62. The molecule has 1 atom stereocenters. The van der Waals surface area contributed by atoms with Gasteiger partial charge in [-0.15, -0.1) is 0 Å². The number of hydrogen-bond donors (Lipinski definition) is 1. The van der Waals surface area contributed by atoms with Crippen LogP contribution in [-0.2, 0) is 20.0 Å². The van der Waals surface area contributed by atoms with Crippen molar-refractivity contribution in [3.05, 3.63) is 57.6 Å². The molecule has 0 aliphatic carbocycles. The molecule has 8 heteroatoms. The molecule has 2 aromatic carbocycles. The zero-order valence-corrected chi connectivity index (χ0v) is 18.9. The number of halogens is 2. The SMILES string of the molecule is CCOP(=O)(OCC)C(Nc1cccc(CC)c1)c1cc(Cl)cc(Cl)c1OC. The van der Waals surface area contributed by atoms with Gasteiger partial charge in [-0.05, 0) is 50.1 Å². The van der Waals surface area contributed by atoms with Crippen molar-refractivity contribution in [2.75, 3.05) is 25.6 Å². The highest BCUT2D eigenvalue weighted by Gasteiger charge is 2.39. The van der Waals surface area contributed by atoms with Gasteiger partial charge in [0.25, 0.3) is 0 Å². The van der Waals surface area contributed by atoms with Crippen molar-refractivity contribution in [2.45, 2.75) is 33.0 Å². The van der Waals surface area contributed by atoms with Crippen LogP contribution in [0.15, 0.2) is 36.4 Å². The van der Waals surface area contributed by atoms with Gasteiger partial charge in [-0.1, -0.05) is 42.3 Å². The number of nitrogens with one attached hydrogen (secondary N) is 1. The number of benzene rings is 2. The average molecular weight is 446 g/mol. The molecular weight excluding hydrogens is 420 g/mol. The van der Waals surface area contributed by atoms with E-state index in [-0.39, 0.29) is 13.2 Å². The predicted molar refractivity (Wildman–Crippen MR) is 116 cm³/mol. The summed E-state index contributed by atoms with van der Waals surface area (Å²) in [5, 5.41) is 4.01. The third-order valence-corrected chi connectivity index (χ3v) is 6.88. The Bertz CT molecular complexity index is 837. The van der Waals surface area contributed by atoms with E-state index in [1.165, 1.54) is 7.11 Å². The lowest BCUT2D eigenvalue weighted by Gasteiger charge is -2.29. The Hall–Kier alpha value is -1.23. The fourth-order valence-corrected chi connectivity index (χ4v) is 5.43. The summed E-state index contributed by atoms with van der Waals surface area (Å²) in [6, 6.07) is 11.1. The fraction of sp³-hybridized carbons (Fsp3) is 0.400. The lowest BCUT2D eigenvalue weighted by Crippen LogP contribution is -2.16. The van der Waals surface area contributed by atoms with E-state index in [9.17, 15) is 4.57 Å². The van der Waals surface area contributed by atoms with Gasteiger partial charge in [0.15, 0.2) is 5.78 Å². The highest BCUT2D eigenvalue weighted by molar-refractivity contribution is 7.54. The number of hydrogen-bond acceptors (Lipinski definition) is 5. The molecule has 2 aromatic rings. The quantitative estimate of drug-likeness (QED) is 0.401. The first-order valence-electron chi connectivity index (χ1n) is 9.15. The van der Waals surface area contributed by atoms with E-state index >= 15 is 0 Å². The normalized spacial score (nSPS) is 12.6. The second kappa shape index (κ2) is 10.5. The van der Waals surface area contributed by atoms with Gasteiger partial charge in [0.1, 0.15) is 5.75 Å². The number of methoxy groups -OCH3 is 1. The molecule has 0 fully saturated rings. The van der Waals surface area contributed by atoms with Crippen molar-refractivity contribution >= 4 is 36.5 Å². The molecule has 0 heterocycles. The number of anilines is 1. The third kappa shape index (κ3) is 5.43. The van der Waals surface area contributed by atoms with Crippen LogP contribution in [-0.4, -0.2) is 20.3 Å². The van der Waals surface area contributed by atoms with Gasteiger partial charge in [-0.2, -0.15) is 0 Å². The topological polar surface area (TPSA) is 56.8 Å². The van der Waals surface area contributed by atoms with Gasteiger partial charge in [-0.25, -0.2) is 0 Å². The molecule has 0 spiro atoms. The first kappa shape index (κ1) is 23.1. The monoisotopic (exact) mass is 445 g/mol. The van der Waals surface area contributed by atoms with Crippen LogP contribution in [0.4, 0.5) is 5.69 Å². The summed E-state index contributed by atoms with van der Waals surface area (Å²) in [4.78, 5) is 0. The van der Waals surface area contributed by atoms with E-state index in [1.807, 2.05) is 24.3 Å². The van der Waals surface area contributed by atoms with E-state index in [0.717, 1.165) is 17.7 Å². The molecule has 28 heavy (non-hydrogen) atoms. The van der Waals surface area contributed by atoms with Gasteiger partial charge < -0.3 is 19.1 Å². The van der Waals surface area contributed by atoms with Gasteiger partial charge in [0, 0.05) is 16.3 Å². The Morgan fingerprint density at radius 3 is 2.32 bits per heavy atom. The smallest absolute Gasteiger partial charge is 0.357 e. The summed E-state index contributed by atoms with van der Waals surface area (Å²) in [7, 11) is -2.13. The van der Waals surface area contributed by atoms with Crippen LogP contribution >= 0.6 is 30.8 Å². The molecule has 0 radical (unpaired) electrons. The Balaban J connectivity index is 2.63. The standard InChI is InChI=1S/C20H26Cl2NO4P/c1-5-14-9-8-10-16(11-14)23-20(28(24,26-6-2)27-7-3)17-12-15(21)13-18(22)19(17)25-4/h8-13,20,23H,5-7H2,1-4H3. The maximum Gasteiger partial charge on any atom is 0.357 e. The summed E-state index contributed by atoms with van der Waals surface area (Å²) in [6.45, 7) is 6.05. The molecule has 154 valence electrons. The van der Waals surface area contributed by atoms with Gasteiger partial charge in [0.05, 0.1) is 25.3 Å². The molecule has 0 aliphatic rings. The Labute approximate surface area is 176 Å². The van der Waals surface area contributed by atoms with Crippen LogP contribution in [0.5, 0.6) is 5.75 Å². The molecule has 0 aliphatic heterocycles. The van der Waals surface area contributed by atoms with Crippen LogP contribution in [0.3, 0.4) is 0 Å². The Morgan fingerprint density at radius 1 is 1.07 bits per heavy atom. The van der Waals surface area contributed by atoms with Crippen LogP contribution in [0, 0.1) is 0 Å². The van der Waals surface area contributed by atoms with Gasteiger partial charge in [-0.3, -0.25) is 4.57 Å². The minimum absolute atomic E-state index is 0.223. The molecule has 5 nitrogen and oxygen atoms in total. The van der Waals surface area contributed by atoms with Gasteiger partial charge in [0.2, 0.25) is 0 Å². The van der Waals surface area contributed by atoms with E-state index in [2.05, 4.69) is 12.2 Å². The number of rotatable bonds is 10. The van der Waals surface area contributed by atoms with Crippen LogP contribution in [0.25, 0.3) is 0 Å². The molecule has 2 rings (SSSR count). The number of aryl methyl sites for hydroxylation is 1. The first-order chi connectivity index (χ1) is 13.4. The van der Waals surface area contributed by atoms with E-state index in [0.29, 0.717) is 21.4 Å². The molecule has 1 N–H and O–H groups in total. The van der Waals surface area contributed by atoms with E-state index < -0.39 is 13.4 Å². The first-order valence-corrected chi connectivity index (χ1v) is 11.5. The van der Waals surface area contributed by atoms with Crippen LogP contribution in [0.2, 0.25) is 10.0 Å². The van der Waals surface area contributed by atoms with Crippen molar-refractivity contribution in [2.24, 2.45) is 0 Å². The predicted octanol–water partition coefficient (Wildman–Crippen LogP) is 6.94. The molecule has 0 saturated carbocycles. The van der Waals surface area contributed by atoms with Crippen molar-refractivity contribution < 1.29 is 18.3 Å². The lowest BCUT2D eigenvalue weighted by atomic mass is 10.1. The summed E-state index contributed by atoms with van der Waals surface area (Å²) < 4.78 is 30.4. The van der Waals surface area contributed by atoms with E-state index in [1.54, 1.807) is 26.0 Å². The summed E-state index contributed by atoms with van der Waals surface area (Å²) in [5.74, 6) is -0.486. The van der Waals surface area contributed by atoms with Crippen molar-refractivity contribution in [1.29, 1.82) is 0 Å². The van der Waals surface area contributed by atoms with Crippen molar-refractivity contribution in [3.63, 3.8) is 0 Å². The molecule has 1 unspecified atom stereocenters. The van der Waals surface area contributed by atoms with Crippen molar-refractivity contribution in [1.82, 2.24) is 0 Å². The second-order valence-corrected chi connectivity index (χ2v) is 8.94. The maximum atomic E-state index is 13.7. The molecule has 0 amide bonds. The molecule has 0 aromatic heterocycles. The van der Waals surface area contributed by atoms with Crippen molar-refractivity contribution in [3.8, 4) is 5.75 Å². The summed E-state index contributed by atoms with van der Waals surface area (Å²) >= 11 is 12.6. The van der Waals surface area contributed by atoms with Crippen LogP contribution in [0.1, 0.15) is 37.7 Å². The van der Waals surface area contributed by atoms with E-state index in [4.69, 9.17) is 37.0 Å². The highest BCUT2D eigenvalue weighted by atomic mass is 35.5. The Kier molecular flexibility index (Phi) is 8.66. The largest absolute Gasteiger partial charge is 0.495 e. The molecular formula is C20H26Cl2NO4P. The third-order valence-electron chi connectivity index (χ3n) is 4.11. The number of ether oxygens (including phenoxy) is 1. The zero-order chi connectivity index (χ0) is 20.7. The minimum atomic E-state index is -3.63. The minimum Gasteiger partial charge on any atom is -0.495 e.